The Bertz CT molecular complexity index is 1040. The quantitative estimate of drug-likeness (QED) is 0.504. The lowest BCUT2D eigenvalue weighted by molar-refractivity contribution is 0.174. The monoisotopic (exact) mass is 425 g/mol. The summed E-state index contributed by atoms with van der Waals surface area (Å²) in [7, 11) is 0. The van der Waals surface area contributed by atoms with E-state index in [9.17, 15) is 0 Å². The topological polar surface area (TPSA) is 39.5 Å². The van der Waals surface area contributed by atoms with E-state index in [1.165, 1.54) is 16.8 Å². The third-order valence-corrected chi connectivity index (χ3v) is 6.11. The molecule has 0 saturated carbocycles. The minimum Gasteiger partial charge on any atom is -0.491 e. The van der Waals surface area contributed by atoms with Crippen LogP contribution in [0.2, 0.25) is 0 Å². The largest absolute Gasteiger partial charge is 0.491 e. The molecular weight excluding hydrogens is 394 g/mol. The van der Waals surface area contributed by atoms with E-state index in [0.29, 0.717) is 18.1 Å². The lowest BCUT2D eigenvalue weighted by Crippen LogP contribution is -2.55. The fourth-order valence-electron chi connectivity index (χ4n) is 4.27. The molecule has 1 heterocycles. The molecule has 164 valence electrons. The second-order valence-corrected chi connectivity index (χ2v) is 8.76. The molecule has 0 N–H and O–H groups in total. The van der Waals surface area contributed by atoms with Gasteiger partial charge >= 0.3 is 0 Å². The molecule has 4 nitrogen and oxygen atoms in total. The SMILES string of the molecule is CC(C)c1cccc(N2CCN(Cc3ccccc3)CC2COc2ccc(C#N)cc2)c1. The van der Waals surface area contributed by atoms with Crippen molar-refractivity contribution in [1.82, 2.24) is 4.90 Å². The minimum atomic E-state index is 0.241. The molecule has 4 heteroatoms. The van der Waals surface area contributed by atoms with Crippen LogP contribution >= 0.6 is 0 Å². The van der Waals surface area contributed by atoms with Crippen LogP contribution in [-0.2, 0) is 6.54 Å². The van der Waals surface area contributed by atoms with Crippen LogP contribution in [0.3, 0.4) is 0 Å². The summed E-state index contributed by atoms with van der Waals surface area (Å²) in [5, 5.41) is 9.03. The zero-order valence-electron chi connectivity index (χ0n) is 18.9. The summed E-state index contributed by atoms with van der Waals surface area (Å²) in [4.78, 5) is 5.02. The maximum absolute atomic E-state index is 9.03. The summed E-state index contributed by atoms with van der Waals surface area (Å²) in [6, 6.07) is 29.4. The first-order valence-electron chi connectivity index (χ1n) is 11.4. The predicted octanol–water partition coefficient (Wildman–Crippen LogP) is 5.45. The summed E-state index contributed by atoms with van der Waals surface area (Å²) in [5.41, 5.74) is 4.62. The molecule has 1 aliphatic heterocycles. The van der Waals surface area contributed by atoms with Crippen molar-refractivity contribution < 1.29 is 4.74 Å². The van der Waals surface area contributed by atoms with Gasteiger partial charge in [-0.25, -0.2) is 0 Å². The van der Waals surface area contributed by atoms with Crippen molar-refractivity contribution in [3.8, 4) is 11.8 Å². The molecule has 0 radical (unpaired) electrons. The number of hydrogen-bond donors (Lipinski definition) is 0. The molecule has 0 aliphatic carbocycles. The van der Waals surface area contributed by atoms with E-state index >= 15 is 0 Å². The summed E-state index contributed by atoms with van der Waals surface area (Å²) in [5.74, 6) is 1.31. The van der Waals surface area contributed by atoms with E-state index in [0.717, 1.165) is 31.9 Å². The highest BCUT2D eigenvalue weighted by Crippen LogP contribution is 2.26. The van der Waals surface area contributed by atoms with Gasteiger partial charge in [-0.05, 0) is 53.4 Å². The summed E-state index contributed by atoms with van der Waals surface area (Å²) in [6.07, 6.45) is 0. The Morgan fingerprint density at radius 2 is 1.75 bits per heavy atom. The first kappa shape index (κ1) is 21.9. The molecular formula is C28H31N3O. The van der Waals surface area contributed by atoms with Crippen LogP contribution < -0.4 is 9.64 Å². The Kier molecular flexibility index (Phi) is 7.09. The maximum Gasteiger partial charge on any atom is 0.119 e. The first-order chi connectivity index (χ1) is 15.6. The smallest absolute Gasteiger partial charge is 0.119 e. The van der Waals surface area contributed by atoms with Gasteiger partial charge in [-0.3, -0.25) is 4.90 Å². The normalized spacial score (nSPS) is 16.7. The second-order valence-electron chi connectivity index (χ2n) is 8.76. The average molecular weight is 426 g/mol. The zero-order chi connectivity index (χ0) is 22.3. The molecule has 1 aliphatic rings. The molecule has 0 aromatic heterocycles. The Morgan fingerprint density at radius 3 is 2.47 bits per heavy atom. The van der Waals surface area contributed by atoms with Gasteiger partial charge in [0.15, 0.2) is 0 Å². The van der Waals surface area contributed by atoms with Crippen molar-refractivity contribution in [3.05, 3.63) is 95.6 Å². The van der Waals surface area contributed by atoms with Crippen molar-refractivity contribution in [2.24, 2.45) is 0 Å². The summed E-state index contributed by atoms with van der Waals surface area (Å²) >= 11 is 0. The van der Waals surface area contributed by atoms with E-state index in [1.807, 2.05) is 24.3 Å². The lowest BCUT2D eigenvalue weighted by atomic mass is 10.0. The number of nitrogens with zero attached hydrogens (tertiary/aromatic N) is 3. The van der Waals surface area contributed by atoms with Crippen LogP contribution in [-0.4, -0.2) is 37.2 Å². The molecule has 3 aromatic carbocycles. The second kappa shape index (κ2) is 10.3. The predicted molar refractivity (Wildman–Crippen MR) is 130 cm³/mol. The van der Waals surface area contributed by atoms with Crippen LogP contribution in [0.1, 0.15) is 36.5 Å². The van der Waals surface area contributed by atoms with Gasteiger partial charge in [0.1, 0.15) is 12.4 Å². The van der Waals surface area contributed by atoms with Crippen molar-refractivity contribution in [3.63, 3.8) is 0 Å². The first-order valence-corrected chi connectivity index (χ1v) is 11.4. The molecule has 0 amide bonds. The van der Waals surface area contributed by atoms with Crippen molar-refractivity contribution in [1.29, 1.82) is 5.26 Å². The van der Waals surface area contributed by atoms with E-state index in [1.54, 1.807) is 0 Å². The van der Waals surface area contributed by atoms with Crippen molar-refractivity contribution >= 4 is 5.69 Å². The molecule has 0 bridgehead atoms. The molecule has 1 atom stereocenters. The van der Waals surface area contributed by atoms with Crippen LogP contribution in [0.25, 0.3) is 0 Å². The molecule has 32 heavy (non-hydrogen) atoms. The number of hydrogen-bond acceptors (Lipinski definition) is 4. The van der Waals surface area contributed by atoms with Gasteiger partial charge in [0.25, 0.3) is 0 Å². The minimum absolute atomic E-state index is 0.241. The number of anilines is 1. The van der Waals surface area contributed by atoms with Crippen LogP contribution in [0, 0.1) is 11.3 Å². The van der Waals surface area contributed by atoms with Crippen LogP contribution in [0.15, 0.2) is 78.9 Å². The van der Waals surface area contributed by atoms with Crippen LogP contribution in [0.5, 0.6) is 5.75 Å². The van der Waals surface area contributed by atoms with E-state index < -0.39 is 0 Å². The number of piperazine rings is 1. The van der Waals surface area contributed by atoms with Crippen molar-refractivity contribution in [2.75, 3.05) is 31.1 Å². The van der Waals surface area contributed by atoms with Gasteiger partial charge in [-0.2, -0.15) is 5.26 Å². The van der Waals surface area contributed by atoms with Gasteiger partial charge in [-0.15, -0.1) is 0 Å². The number of benzene rings is 3. The van der Waals surface area contributed by atoms with Gasteiger partial charge in [-0.1, -0.05) is 56.3 Å². The highest BCUT2D eigenvalue weighted by molar-refractivity contribution is 5.51. The van der Waals surface area contributed by atoms with Crippen LogP contribution in [0.4, 0.5) is 5.69 Å². The number of nitriles is 1. The Labute approximate surface area is 191 Å². The molecule has 3 aromatic rings. The average Bonchev–Trinajstić information content (AvgIpc) is 2.84. The Balaban J connectivity index is 1.51. The molecule has 1 saturated heterocycles. The molecule has 1 fully saturated rings. The number of ether oxygens (including phenoxy) is 1. The van der Waals surface area contributed by atoms with E-state index in [2.05, 4.69) is 84.3 Å². The Morgan fingerprint density at radius 1 is 0.969 bits per heavy atom. The standard InChI is InChI=1S/C28H31N3O/c1-22(2)25-9-6-10-26(17-25)31-16-15-30(19-24-7-4-3-5-8-24)20-27(31)21-32-28-13-11-23(18-29)12-14-28/h3-14,17,22,27H,15-16,19-21H2,1-2H3. The van der Waals surface area contributed by atoms with E-state index in [-0.39, 0.29) is 6.04 Å². The fraction of sp³-hybridized carbons (Fsp3) is 0.321. The molecule has 1 unspecified atom stereocenters. The van der Waals surface area contributed by atoms with Gasteiger partial charge in [0.2, 0.25) is 0 Å². The summed E-state index contributed by atoms with van der Waals surface area (Å²) in [6.45, 7) is 8.96. The third-order valence-electron chi connectivity index (χ3n) is 6.11. The Hall–Kier alpha value is -3.29. The highest BCUT2D eigenvalue weighted by atomic mass is 16.5. The van der Waals surface area contributed by atoms with Gasteiger partial charge in [0, 0.05) is 31.9 Å². The summed E-state index contributed by atoms with van der Waals surface area (Å²) < 4.78 is 6.20. The molecule has 0 spiro atoms. The van der Waals surface area contributed by atoms with Gasteiger partial charge < -0.3 is 9.64 Å². The number of rotatable bonds is 7. The molecule has 4 rings (SSSR count). The third kappa shape index (κ3) is 5.49. The van der Waals surface area contributed by atoms with E-state index in [4.69, 9.17) is 10.00 Å². The highest BCUT2D eigenvalue weighted by Gasteiger charge is 2.28. The lowest BCUT2D eigenvalue weighted by Gasteiger charge is -2.43. The van der Waals surface area contributed by atoms with Gasteiger partial charge in [0.05, 0.1) is 17.7 Å². The van der Waals surface area contributed by atoms with Crippen molar-refractivity contribution in [2.45, 2.75) is 32.4 Å². The zero-order valence-corrected chi connectivity index (χ0v) is 18.9. The maximum atomic E-state index is 9.03. The fourth-order valence-corrected chi connectivity index (χ4v) is 4.27.